The molecule has 15 heavy (non-hydrogen) atoms. The smallest absolute Gasteiger partial charge is 0.166 e. The summed E-state index contributed by atoms with van der Waals surface area (Å²) in [5.74, 6) is -0.116. The van der Waals surface area contributed by atoms with Crippen molar-refractivity contribution in [3.05, 3.63) is 0 Å². The molecule has 1 unspecified atom stereocenters. The second kappa shape index (κ2) is 5.48. The van der Waals surface area contributed by atoms with Crippen LogP contribution in [0.2, 0.25) is 0 Å². The van der Waals surface area contributed by atoms with Crippen LogP contribution in [0.15, 0.2) is 0 Å². The van der Waals surface area contributed by atoms with Crippen LogP contribution >= 0.6 is 23.2 Å². The summed E-state index contributed by atoms with van der Waals surface area (Å²) in [6, 6.07) is 0. The second-order valence-corrected chi connectivity index (χ2v) is 5.80. The number of carbonyl (C=O) groups is 1. The Bertz CT molecular complexity index is 225. The molecule has 1 N–H and O–H groups in total. The molecule has 5 heteroatoms. The zero-order valence-electron chi connectivity index (χ0n) is 9.06. The number of rotatable bonds is 5. The number of hydrogen-bond donors (Lipinski definition) is 1. The molecule has 0 amide bonds. The quantitative estimate of drug-likeness (QED) is 0.763. The van der Waals surface area contributed by atoms with E-state index in [2.05, 4.69) is 5.32 Å². The number of nitrogens with one attached hydrogen (secondary N) is 1. The third-order valence-corrected chi connectivity index (χ3v) is 2.96. The van der Waals surface area contributed by atoms with Gasteiger partial charge in [0.25, 0.3) is 0 Å². The molecule has 0 bridgehead atoms. The van der Waals surface area contributed by atoms with E-state index in [1.807, 2.05) is 13.8 Å². The number of ether oxygens (including phenoxy) is 1. The fourth-order valence-electron chi connectivity index (χ4n) is 1.82. The predicted octanol–water partition coefficient (Wildman–Crippen LogP) is 2.11. The largest absolute Gasteiger partial charge is 0.362 e. The molecule has 0 radical (unpaired) electrons. The fourth-order valence-corrected chi connectivity index (χ4v) is 1.98. The molecule has 1 aliphatic rings. The van der Waals surface area contributed by atoms with Crippen molar-refractivity contribution >= 4 is 29.0 Å². The molecule has 1 atom stereocenters. The van der Waals surface area contributed by atoms with Gasteiger partial charge in [0.2, 0.25) is 0 Å². The summed E-state index contributed by atoms with van der Waals surface area (Å²) in [5, 5.41) is 3.11. The van der Waals surface area contributed by atoms with E-state index < -0.39 is 4.84 Å². The van der Waals surface area contributed by atoms with Crippen molar-refractivity contribution in [2.45, 2.75) is 37.6 Å². The molecule has 1 heterocycles. The molecule has 1 saturated heterocycles. The lowest BCUT2D eigenvalue weighted by atomic mass is 9.82. The summed E-state index contributed by atoms with van der Waals surface area (Å²) in [4.78, 5) is 10.5. The summed E-state index contributed by atoms with van der Waals surface area (Å²) in [6.07, 6.45) is 1.42. The number of alkyl halides is 2. The molecule has 0 aromatic heterocycles. The molecular formula is C10H17Cl2NO2. The monoisotopic (exact) mass is 253 g/mol. The maximum atomic E-state index is 11.4. The van der Waals surface area contributed by atoms with Crippen molar-refractivity contribution in [1.82, 2.24) is 5.32 Å². The zero-order chi connectivity index (χ0) is 11.5. The minimum absolute atomic E-state index is 0.115. The Hall–Kier alpha value is 0.170. The van der Waals surface area contributed by atoms with Gasteiger partial charge in [0.1, 0.15) is 0 Å². The van der Waals surface area contributed by atoms with Gasteiger partial charge in [-0.15, -0.1) is 0 Å². The van der Waals surface area contributed by atoms with E-state index >= 15 is 0 Å². The Kier molecular flexibility index (Phi) is 4.84. The Balaban J connectivity index is 2.39. The molecule has 0 aliphatic carbocycles. The van der Waals surface area contributed by atoms with Crippen LogP contribution in [0.25, 0.3) is 0 Å². The van der Waals surface area contributed by atoms with Gasteiger partial charge in [0, 0.05) is 13.0 Å². The van der Waals surface area contributed by atoms with E-state index in [1.165, 1.54) is 0 Å². The highest BCUT2D eigenvalue weighted by Crippen LogP contribution is 2.30. The highest BCUT2D eigenvalue weighted by atomic mass is 35.5. The molecule has 3 nitrogen and oxygen atoms in total. The van der Waals surface area contributed by atoms with E-state index in [0.29, 0.717) is 13.2 Å². The van der Waals surface area contributed by atoms with E-state index in [4.69, 9.17) is 27.9 Å². The molecule has 1 fully saturated rings. The normalized spacial score (nSPS) is 22.3. The molecule has 1 aliphatic heterocycles. The maximum absolute atomic E-state index is 11.4. The maximum Gasteiger partial charge on any atom is 0.166 e. The van der Waals surface area contributed by atoms with Gasteiger partial charge in [-0.05, 0) is 11.8 Å². The highest BCUT2D eigenvalue weighted by molar-refractivity contribution is 6.53. The van der Waals surface area contributed by atoms with Gasteiger partial charge in [-0.3, -0.25) is 10.1 Å². The average molecular weight is 254 g/mol. The lowest BCUT2D eigenvalue weighted by Gasteiger charge is -2.26. The number of hydrogen-bond acceptors (Lipinski definition) is 3. The van der Waals surface area contributed by atoms with Crippen molar-refractivity contribution in [2.75, 3.05) is 13.3 Å². The van der Waals surface area contributed by atoms with Crippen LogP contribution < -0.4 is 5.32 Å². The Morgan fingerprint density at radius 2 is 2.27 bits per heavy atom. The number of Topliss-reactive ketones (excluding diaryl/α,β-unsaturated/α-hetero) is 1. The standard InChI is InChI=1S/C10H17Cl2NO2/c1-10(2,4-8(14)9(11)12)3-7-5-13-6-15-7/h7,9,13H,3-6H2,1-2H3. The third kappa shape index (κ3) is 4.68. The highest BCUT2D eigenvalue weighted by Gasteiger charge is 2.29. The lowest BCUT2D eigenvalue weighted by molar-refractivity contribution is -0.119. The molecule has 0 spiro atoms. The Morgan fingerprint density at radius 3 is 2.73 bits per heavy atom. The molecule has 1 rings (SSSR count). The van der Waals surface area contributed by atoms with Crippen molar-refractivity contribution < 1.29 is 9.53 Å². The van der Waals surface area contributed by atoms with E-state index in [1.54, 1.807) is 0 Å². The first-order chi connectivity index (χ1) is 6.91. The molecule has 0 aromatic carbocycles. The van der Waals surface area contributed by atoms with Crippen LogP contribution in [0.1, 0.15) is 26.7 Å². The van der Waals surface area contributed by atoms with Gasteiger partial charge < -0.3 is 4.74 Å². The fraction of sp³-hybridized carbons (Fsp3) is 0.900. The molecular weight excluding hydrogens is 237 g/mol. The van der Waals surface area contributed by atoms with Gasteiger partial charge in [0.15, 0.2) is 10.6 Å². The first-order valence-electron chi connectivity index (χ1n) is 5.04. The van der Waals surface area contributed by atoms with Crippen molar-refractivity contribution in [3.63, 3.8) is 0 Å². The van der Waals surface area contributed by atoms with Crippen LogP contribution in [0.3, 0.4) is 0 Å². The summed E-state index contributed by atoms with van der Waals surface area (Å²) in [7, 11) is 0. The first-order valence-corrected chi connectivity index (χ1v) is 5.91. The van der Waals surface area contributed by atoms with Crippen LogP contribution in [0.4, 0.5) is 0 Å². The summed E-state index contributed by atoms with van der Waals surface area (Å²) in [5.41, 5.74) is -0.115. The third-order valence-electron chi connectivity index (χ3n) is 2.47. The van der Waals surface area contributed by atoms with Crippen LogP contribution in [-0.2, 0) is 9.53 Å². The van der Waals surface area contributed by atoms with Gasteiger partial charge in [-0.1, -0.05) is 37.0 Å². The van der Waals surface area contributed by atoms with Crippen molar-refractivity contribution in [3.8, 4) is 0 Å². The number of carbonyl (C=O) groups excluding carboxylic acids is 1. The number of halogens is 2. The molecule has 0 saturated carbocycles. The zero-order valence-corrected chi connectivity index (χ0v) is 10.6. The molecule has 0 aromatic rings. The summed E-state index contributed by atoms with van der Waals surface area (Å²) in [6.45, 7) is 5.51. The van der Waals surface area contributed by atoms with E-state index in [-0.39, 0.29) is 17.3 Å². The molecule has 88 valence electrons. The van der Waals surface area contributed by atoms with E-state index in [9.17, 15) is 4.79 Å². The SMILES string of the molecule is CC(C)(CC(=O)C(Cl)Cl)CC1CNCO1. The summed E-state index contributed by atoms with van der Waals surface area (Å²) < 4.78 is 5.44. The second-order valence-electron chi connectivity index (χ2n) is 4.70. The van der Waals surface area contributed by atoms with Crippen molar-refractivity contribution in [2.24, 2.45) is 5.41 Å². The Labute approximate surface area is 100 Å². The van der Waals surface area contributed by atoms with Gasteiger partial charge in [0.05, 0.1) is 12.8 Å². The van der Waals surface area contributed by atoms with Crippen LogP contribution in [0, 0.1) is 5.41 Å². The van der Waals surface area contributed by atoms with Crippen LogP contribution in [0.5, 0.6) is 0 Å². The van der Waals surface area contributed by atoms with Gasteiger partial charge in [-0.25, -0.2) is 0 Å². The van der Waals surface area contributed by atoms with Crippen LogP contribution in [-0.4, -0.2) is 30.0 Å². The lowest BCUT2D eigenvalue weighted by Crippen LogP contribution is -2.27. The average Bonchev–Trinajstić information content (AvgIpc) is 2.54. The topological polar surface area (TPSA) is 38.3 Å². The number of ketones is 1. The predicted molar refractivity (Wildman–Crippen MR) is 61.3 cm³/mol. The Morgan fingerprint density at radius 1 is 1.60 bits per heavy atom. The van der Waals surface area contributed by atoms with Gasteiger partial charge in [-0.2, -0.15) is 0 Å². The van der Waals surface area contributed by atoms with Crippen molar-refractivity contribution in [1.29, 1.82) is 0 Å². The summed E-state index contributed by atoms with van der Waals surface area (Å²) >= 11 is 11.0. The first kappa shape index (κ1) is 13.2. The van der Waals surface area contributed by atoms with Gasteiger partial charge >= 0.3 is 0 Å². The minimum Gasteiger partial charge on any atom is -0.362 e. The minimum atomic E-state index is -0.910. The van der Waals surface area contributed by atoms with E-state index in [0.717, 1.165) is 13.0 Å².